The van der Waals surface area contributed by atoms with Crippen molar-refractivity contribution in [2.75, 3.05) is 23.7 Å². The van der Waals surface area contributed by atoms with Gasteiger partial charge in [-0.2, -0.15) is 0 Å². The lowest BCUT2D eigenvalue weighted by molar-refractivity contribution is -0.118. The second-order valence-electron chi connectivity index (χ2n) is 8.40. The molecule has 0 bridgehead atoms. The summed E-state index contributed by atoms with van der Waals surface area (Å²) in [7, 11) is 0.0610. The van der Waals surface area contributed by atoms with Gasteiger partial charge in [0.2, 0.25) is 0 Å². The molecular weight excluding hydrogens is 446 g/mol. The molecule has 4 aromatic rings. The van der Waals surface area contributed by atoms with Gasteiger partial charge in [-0.1, -0.05) is 42.5 Å². The van der Waals surface area contributed by atoms with Gasteiger partial charge in [0.1, 0.15) is 5.78 Å². The highest BCUT2D eigenvalue weighted by molar-refractivity contribution is 7.93. The summed E-state index contributed by atoms with van der Waals surface area (Å²) in [4.78, 5) is 18.6. The van der Waals surface area contributed by atoms with Gasteiger partial charge in [0.15, 0.2) is 0 Å². The Kier molecular flexibility index (Phi) is 6.93. The van der Waals surface area contributed by atoms with Gasteiger partial charge in [0.25, 0.3) is 10.0 Å². The van der Waals surface area contributed by atoms with E-state index in [1.54, 1.807) is 48.8 Å². The normalized spacial score (nSPS) is 11.4. The fraction of sp³-hybridized carbons (Fsp3) is 0.185. The number of nitrogens with zero attached hydrogens (tertiary/aromatic N) is 2. The molecule has 1 aromatic heterocycles. The molecule has 174 valence electrons. The van der Waals surface area contributed by atoms with Crippen LogP contribution in [0, 0.1) is 0 Å². The fourth-order valence-electron chi connectivity index (χ4n) is 3.94. The van der Waals surface area contributed by atoms with Crippen LogP contribution in [0.4, 0.5) is 11.4 Å². The fourth-order valence-corrected chi connectivity index (χ4v) is 5.22. The number of aromatic nitrogens is 1. The highest BCUT2D eigenvalue weighted by Crippen LogP contribution is 2.31. The maximum atomic E-state index is 13.2. The minimum atomic E-state index is -3.80. The summed E-state index contributed by atoms with van der Waals surface area (Å²) in [5.41, 5.74) is 3.28. The van der Waals surface area contributed by atoms with Gasteiger partial charge >= 0.3 is 0 Å². The summed E-state index contributed by atoms with van der Waals surface area (Å²) in [5, 5.41) is 1.53. The Labute approximate surface area is 200 Å². The third kappa shape index (κ3) is 5.43. The van der Waals surface area contributed by atoms with E-state index >= 15 is 0 Å². The predicted molar refractivity (Wildman–Crippen MR) is 137 cm³/mol. The van der Waals surface area contributed by atoms with E-state index in [-0.39, 0.29) is 10.7 Å². The zero-order valence-electron chi connectivity index (χ0n) is 19.2. The van der Waals surface area contributed by atoms with Gasteiger partial charge < -0.3 is 4.90 Å². The molecule has 0 saturated heterocycles. The van der Waals surface area contributed by atoms with E-state index in [9.17, 15) is 13.2 Å². The zero-order valence-corrected chi connectivity index (χ0v) is 20.0. The molecule has 1 heterocycles. The molecule has 0 amide bonds. The monoisotopic (exact) mass is 473 g/mol. The molecule has 34 heavy (non-hydrogen) atoms. The first kappa shape index (κ1) is 23.4. The van der Waals surface area contributed by atoms with E-state index in [1.165, 1.54) is 0 Å². The minimum Gasteiger partial charge on any atom is -0.377 e. The molecule has 0 spiro atoms. The lowest BCUT2D eigenvalue weighted by Crippen LogP contribution is -2.14. The summed E-state index contributed by atoms with van der Waals surface area (Å²) < 4.78 is 29.1. The number of aryl methyl sites for hydroxylation is 1. The van der Waals surface area contributed by atoms with E-state index in [0.717, 1.165) is 22.2 Å². The van der Waals surface area contributed by atoms with Crippen molar-refractivity contribution < 1.29 is 13.2 Å². The van der Waals surface area contributed by atoms with Gasteiger partial charge in [-0.05, 0) is 47.9 Å². The maximum absolute atomic E-state index is 13.2. The van der Waals surface area contributed by atoms with Crippen molar-refractivity contribution in [1.29, 1.82) is 0 Å². The van der Waals surface area contributed by atoms with Gasteiger partial charge in [-0.25, -0.2) is 8.42 Å². The molecule has 0 aliphatic carbocycles. The third-order valence-electron chi connectivity index (χ3n) is 5.65. The average molecular weight is 474 g/mol. The molecule has 3 aromatic carbocycles. The summed E-state index contributed by atoms with van der Waals surface area (Å²) >= 11 is 0. The molecule has 0 atom stereocenters. The number of sulfonamides is 1. The molecule has 0 saturated carbocycles. The number of rotatable bonds is 9. The number of carbonyl (C=O) groups is 1. The second kappa shape index (κ2) is 10.1. The number of benzene rings is 3. The Morgan fingerprint density at radius 3 is 2.32 bits per heavy atom. The predicted octanol–water partition coefficient (Wildman–Crippen LogP) is 4.85. The largest absolute Gasteiger partial charge is 0.377 e. The van der Waals surface area contributed by atoms with Gasteiger partial charge in [0.05, 0.1) is 4.90 Å². The van der Waals surface area contributed by atoms with Crippen LogP contribution in [0.3, 0.4) is 0 Å². The minimum absolute atomic E-state index is 0.129. The van der Waals surface area contributed by atoms with Crippen LogP contribution in [0.1, 0.15) is 17.5 Å². The van der Waals surface area contributed by atoms with Crippen LogP contribution >= 0.6 is 0 Å². The van der Waals surface area contributed by atoms with Crippen molar-refractivity contribution in [2.24, 2.45) is 0 Å². The van der Waals surface area contributed by atoms with Crippen LogP contribution < -0.4 is 9.62 Å². The first-order valence-electron chi connectivity index (χ1n) is 11.0. The number of nitrogens with one attached hydrogen (secondary N) is 1. The van der Waals surface area contributed by atoms with E-state index in [4.69, 9.17) is 0 Å². The summed E-state index contributed by atoms with van der Waals surface area (Å²) in [6.45, 7) is 0. The Balaban J connectivity index is 1.46. The average Bonchev–Trinajstić information content (AvgIpc) is 2.83. The lowest BCUT2D eigenvalue weighted by atomic mass is 10.0. The molecule has 4 rings (SSSR count). The van der Waals surface area contributed by atoms with Crippen molar-refractivity contribution in [3.8, 4) is 0 Å². The highest BCUT2D eigenvalue weighted by Gasteiger charge is 2.19. The van der Waals surface area contributed by atoms with Crippen molar-refractivity contribution in [2.45, 2.75) is 24.2 Å². The smallest absolute Gasteiger partial charge is 0.262 e. The van der Waals surface area contributed by atoms with Crippen molar-refractivity contribution in [1.82, 2.24) is 4.98 Å². The van der Waals surface area contributed by atoms with Gasteiger partial charge in [-0.3, -0.25) is 14.5 Å². The number of pyridine rings is 1. The van der Waals surface area contributed by atoms with Crippen molar-refractivity contribution in [3.63, 3.8) is 0 Å². The molecule has 0 aliphatic heterocycles. The molecule has 0 fully saturated rings. The molecule has 0 aliphatic rings. The first-order chi connectivity index (χ1) is 16.3. The van der Waals surface area contributed by atoms with E-state index in [1.807, 2.05) is 55.4 Å². The number of Topliss-reactive ketones (excluding diaryl/α,β-unsaturated/α-hetero) is 1. The zero-order chi connectivity index (χ0) is 24.1. The van der Waals surface area contributed by atoms with E-state index < -0.39 is 10.0 Å². The second-order valence-corrected chi connectivity index (χ2v) is 10.1. The highest BCUT2D eigenvalue weighted by atomic mass is 32.2. The number of fused-ring (bicyclic) bond motifs is 1. The van der Waals surface area contributed by atoms with Crippen LogP contribution in [-0.2, 0) is 27.7 Å². The summed E-state index contributed by atoms with van der Waals surface area (Å²) in [5.74, 6) is 0.129. The number of hydrogen-bond acceptors (Lipinski definition) is 5. The first-order valence-corrected chi connectivity index (χ1v) is 12.5. The number of carbonyl (C=O) groups excluding carboxylic acids is 1. The Bertz CT molecular complexity index is 1400. The maximum Gasteiger partial charge on any atom is 0.262 e. The summed E-state index contributed by atoms with van der Waals surface area (Å²) in [6, 6.07) is 21.7. The standard InChI is InChI=1S/C27H27N3O3S/c1-30(2)26-9-3-8-25-24(26)7-4-10-27(25)34(32,33)29-22-14-11-20(12-15-22)18-23(31)16-13-21-6-5-17-28-19-21/h3-12,14-15,17,19,29H,13,16,18H2,1-2H3. The van der Waals surface area contributed by atoms with Crippen LogP contribution in [-0.4, -0.2) is 33.3 Å². The van der Waals surface area contributed by atoms with Gasteiger partial charge in [0, 0.05) is 61.5 Å². The van der Waals surface area contributed by atoms with Gasteiger partial charge in [-0.15, -0.1) is 0 Å². The molecule has 7 heteroatoms. The van der Waals surface area contributed by atoms with E-state index in [0.29, 0.717) is 30.3 Å². The number of hydrogen-bond donors (Lipinski definition) is 1. The molecule has 1 N–H and O–H groups in total. The van der Waals surface area contributed by atoms with Crippen LogP contribution in [0.5, 0.6) is 0 Å². The van der Waals surface area contributed by atoms with Crippen LogP contribution in [0.2, 0.25) is 0 Å². The van der Waals surface area contributed by atoms with E-state index in [2.05, 4.69) is 9.71 Å². The number of ketones is 1. The molecular formula is C27H27N3O3S. The van der Waals surface area contributed by atoms with Crippen LogP contribution in [0.25, 0.3) is 10.8 Å². The third-order valence-corrected chi connectivity index (χ3v) is 7.09. The quantitative estimate of drug-likeness (QED) is 0.376. The van der Waals surface area contributed by atoms with Crippen molar-refractivity contribution >= 4 is 38.0 Å². The lowest BCUT2D eigenvalue weighted by Gasteiger charge is -2.17. The molecule has 6 nitrogen and oxygen atoms in total. The summed E-state index contributed by atoms with van der Waals surface area (Å²) in [6.07, 6.45) is 4.89. The Hall–Kier alpha value is -3.71. The van der Waals surface area contributed by atoms with Crippen LogP contribution in [0.15, 0.2) is 90.1 Å². The number of anilines is 2. The Morgan fingerprint density at radius 1 is 0.882 bits per heavy atom. The topological polar surface area (TPSA) is 79.4 Å². The molecule has 0 radical (unpaired) electrons. The molecule has 0 unspecified atom stereocenters. The Morgan fingerprint density at radius 2 is 1.62 bits per heavy atom. The SMILES string of the molecule is CN(C)c1cccc2c(S(=O)(=O)Nc3ccc(CC(=O)CCc4cccnc4)cc3)cccc12. The van der Waals surface area contributed by atoms with Crippen molar-refractivity contribution in [3.05, 3.63) is 96.3 Å².